The minimum atomic E-state index is -0.478. The molecule has 0 radical (unpaired) electrons. The molecule has 0 saturated heterocycles. The Morgan fingerprint density at radius 2 is 1.88 bits per heavy atom. The van der Waals surface area contributed by atoms with Crippen molar-refractivity contribution < 1.29 is 4.79 Å². The largest absolute Gasteiger partial charge is 0.324 e. The van der Waals surface area contributed by atoms with E-state index in [9.17, 15) is 10.1 Å². The third kappa shape index (κ3) is 5.07. The Bertz CT molecular complexity index is 1200. The average Bonchev–Trinajstić information content (AvgIpc) is 3.34. The van der Waals surface area contributed by atoms with E-state index >= 15 is 0 Å². The van der Waals surface area contributed by atoms with E-state index in [0.29, 0.717) is 16.7 Å². The number of carbonyl (C=O) groups excluding carboxylic acids is 1. The topological polar surface area (TPSA) is 69.9 Å². The van der Waals surface area contributed by atoms with Crippen LogP contribution in [0.4, 0.5) is 0 Å². The number of pyridine rings is 2. The van der Waals surface area contributed by atoms with Gasteiger partial charge in [-0.25, -0.2) is 0 Å². The van der Waals surface area contributed by atoms with Gasteiger partial charge in [0.25, 0.3) is 5.91 Å². The molecule has 0 spiro atoms. The summed E-state index contributed by atoms with van der Waals surface area (Å²) in [4.78, 5) is 24.5. The van der Waals surface area contributed by atoms with Gasteiger partial charge in [-0.05, 0) is 74.0 Å². The molecule has 0 aliphatic heterocycles. The summed E-state index contributed by atoms with van der Waals surface area (Å²) in [5, 5.41) is 9.99. The Balaban J connectivity index is 1.81. The summed E-state index contributed by atoms with van der Waals surface area (Å²) in [7, 11) is 0. The molecule has 0 bridgehead atoms. The molecule has 7 heteroatoms. The van der Waals surface area contributed by atoms with Crippen LogP contribution in [-0.2, 0) is 16.9 Å². The predicted octanol–water partition coefficient (Wildman–Crippen LogP) is 6.41. The molecular formula is C26H22Br2N4O. The lowest BCUT2D eigenvalue weighted by Crippen LogP contribution is -2.48. The van der Waals surface area contributed by atoms with Crippen LogP contribution in [0.25, 0.3) is 6.08 Å². The van der Waals surface area contributed by atoms with Gasteiger partial charge in [0.05, 0.1) is 11.2 Å². The summed E-state index contributed by atoms with van der Waals surface area (Å²) in [6, 6.07) is 18.0. The number of amides is 1. The van der Waals surface area contributed by atoms with Crippen LogP contribution in [0, 0.1) is 11.3 Å². The fraction of sp³-hybridized carbons (Fsp3) is 0.231. The van der Waals surface area contributed by atoms with Crippen LogP contribution >= 0.6 is 31.9 Å². The summed E-state index contributed by atoms with van der Waals surface area (Å²) in [5.41, 5.74) is 2.13. The number of benzene rings is 1. The number of nitrogens with zero attached hydrogens (tertiary/aromatic N) is 4. The van der Waals surface area contributed by atoms with Crippen molar-refractivity contribution in [1.82, 2.24) is 14.9 Å². The first-order valence-corrected chi connectivity index (χ1v) is 12.3. The average molecular weight is 566 g/mol. The molecule has 1 saturated carbocycles. The fourth-order valence-corrected chi connectivity index (χ4v) is 5.57. The summed E-state index contributed by atoms with van der Waals surface area (Å²) in [6.45, 7) is 0.371. The zero-order chi connectivity index (χ0) is 23.3. The van der Waals surface area contributed by atoms with Gasteiger partial charge in [-0.3, -0.25) is 14.8 Å². The molecule has 0 N–H and O–H groups in total. The van der Waals surface area contributed by atoms with Crippen LogP contribution in [0.3, 0.4) is 0 Å². The Kier molecular flexibility index (Phi) is 7.36. The van der Waals surface area contributed by atoms with E-state index in [-0.39, 0.29) is 11.5 Å². The smallest absolute Gasteiger partial charge is 0.265 e. The predicted molar refractivity (Wildman–Crippen MR) is 135 cm³/mol. The summed E-state index contributed by atoms with van der Waals surface area (Å²) in [5.74, 6) is -0.302. The Morgan fingerprint density at radius 3 is 2.52 bits per heavy atom. The Labute approximate surface area is 210 Å². The van der Waals surface area contributed by atoms with E-state index in [1.54, 1.807) is 24.7 Å². The monoisotopic (exact) mass is 564 g/mol. The maximum absolute atomic E-state index is 14.0. The van der Waals surface area contributed by atoms with Gasteiger partial charge in [0.1, 0.15) is 11.6 Å². The van der Waals surface area contributed by atoms with Gasteiger partial charge in [0.2, 0.25) is 0 Å². The van der Waals surface area contributed by atoms with Gasteiger partial charge in [-0.1, -0.05) is 49.2 Å². The van der Waals surface area contributed by atoms with Crippen molar-refractivity contribution in [3.63, 3.8) is 0 Å². The summed E-state index contributed by atoms with van der Waals surface area (Å²) >= 11 is 6.87. The van der Waals surface area contributed by atoms with Crippen molar-refractivity contribution in [2.75, 3.05) is 0 Å². The molecule has 1 aromatic carbocycles. The Hall–Kier alpha value is -2.82. The molecule has 3 aromatic rings. The second-order valence-corrected chi connectivity index (χ2v) is 9.82. The fourth-order valence-electron chi connectivity index (χ4n) is 4.47. The third-order valence-electron chi connectivity index (χ3n) is 6.04. The number of rotatable bonds is 6. The molecule has 5 nitrogen and oxygen atoms in total. The second-order valence-electron chi connectivity index (χ2n) is 8.05. The molecule has 4 rings (SSSR count). The van der Waals surface area contributed by atoms with Gasteiger partial charge in [0.15, 0.2) is 0 Å². The molecule has 2 heterocycles. The van der Waals surface area contributed by atoms with Crippen LogP contribution in [0.2, 0.25) is 0 Å². The van der Waals surface area contributed by atoms with Crippen molar-refractivity contribution >= 4 is 43.8 Å². The van der Waals surface area contributed by atoms with Gasteiger partial charge in [-0.15, -0.1) is 0 Å². The summed E-state index contributed by atoms with van der Waals surface area (Å²) in [6.07, 6.45) is 10.4. The van der Waals surface area contributed by atoms with Gasteiger partial charge in [0, 0.05) is 34.1 Å². The van der Waals surface area contributed by atoms with E-state index in [4.69, 9.17) is 0 Å². The highest BCUT2D eigenvalue weighted by Crippen LogP contribution is 2.45. The van der Waals surface area contributed by atoms with Crippen molar-refractivity contribution in [1.29, 1.82) is 5.26 Å². The van der Waals surface area contributed by atoms with Crippen LogP contribution in [-0.4, -0.2) is 20.8 Å². The summed E-state index contributed by atoms with van der Waals surface area (Å²) < 4.78 is 1.51. The molecule has 2 aromatic heterocycles. The van der Waals surface area contributed by atoms with E-state index in [1.807, 2.05) is 41.3 Å². The number of aromatic nitrogens is 2. The van der Waals surface area contributed by atoms with Gasteiger partial charge in [-0.2, -0.15) is 5.26 Å². The van der Waals surface area contributed by atoms with E-state index in [2.05, 4.69) is 60.0 Å². The maximum Gasteiger partial charge on any atom is 0.265 e. The highest BCUT2D eigenvalue weighted by molar-refractivity contribution is 9.11. The zero-order valence-corrected chi connectivity index (χ0v) is 21.1. The lowest BCUT2D eigenvalue weighted by molar-refractivity contribution is -0.134. The SMILES string of the molecule is N#CC(=Cc1ncc(Br)cc1Br)C(=O)N(Cc1cccnc1)C1(c2ccccc2)CCCC1. The number of hydrogen-bond donors (Lipinski definition) is 0. The van der Waals surface area contributed by atoms with Crippen LogP contribution in [0.5, 0.6) is 0 Å². The minimum absolute atomic E-state index is 0.0524. The number of carbonyl (C=O) groups is 1. The molecule has 1 amide bonds. The van der Waals surface area contributed by atoms with Crippen molar-refractivity contribution in [2.45, 2.75) is 37.8 Å². The highest BCUT2D eigenvalue weighted by Gasteiger charge is 2.44. The molecular weight excluding hydrogens is 544 g/mol. The molecule has 1 fully saturated rings. The van der Waals surface area contributed by atoms with Crippen molar-refractivity contribution in [2.24, 2.45) is 0 Å². The molecule has 0 atom stereocenters. The maximum atomic E-state index is 14.0. The first-order valence-electron chi connectivity index (χ1n) is 10.7. The van der Waals surface area contributed by atoms with Crippen LogP contribution in [0.15, 0.2) is 81.6 Å². The lowest BCUT2D eigenvalue weighted by atomic mass is 9.85. The minimum Gasteiger partial charge on any atom is -0.324 e. The zero-order valence-electron chi connectivity index (χ0n) is 17.9. The molecule has 1 aliphatic rings. The normalized spacial score (nSPS) is 15.1. The van der Waals surface area contributed by atoms with Crippen LogP contribution < -0.4 is 0 Å². The molecule has 33 heavy (non-hydrogen) atoms. The number of nitriles is 1. The van der Waals surface area contributed by atoms with E-state index in [1.165, 1.54) is 0 Å². The quantitative estimate of drug-likeness (QED) is 0.256. The lowest BCUT2D eigenvalue weighted by Gasteiger charge is -2.42. The van der Waals surface area contributed by atoms with Gasteiger partial charge < -0.3 is 4.90 Å². The van der Waals surface area contributed by atoms with Gasteiger partial charge >= 0.3 is 0 Å². The molecule has 0 unspecified atom stereocenters. The highest BCUT2D eigenvalue weighted by atomic mass is 79.9. The van der Waals surface area contributed by atoms with E-state index in [0.717, 1.165) is 41.3 Å². The van der Waals surface area contributed by atoms with E-state index < -0.39 is 5.54 Å². The number of hydrogen-bond acceptors (Lipinski definition) is 4. The molecule has 166 valence electrons. The van der Waals surface area contributed by atoms with Crippen molar-refractivity contribution in [3.05, 3.63) is 98.5 Å². The first kappa shape index (κ1) is 23.3. The second kappa shape index (κ2) is 10.4. The standard InChI is InChI=1S/C26H22Br2N4O/c27-22-14-23(28)24(31-17-22)13-20(15-29)25(33)32(18-19-7-6-12-30-16-19)26(10-4-5-11-26)21-8-2-1-3-9-21/h1-3,6-9,12-14,16-17H,4-5,10-11,18H2. The first-order chi connectivity index (χ1) is 16.0. The van der Waals surface area contributed by atoms with Crippen molar-refractivity contribution in [3.8, 4) is 6.07 Å². The Morgan fingerprint density at radius 1 is 1.12 bits per heavy atom. The third-order valence-corrected chi connectivity index (χ3v) is 7.10. The number of halogens is 2. The van der Waals surface area contributed by atoms with Crippen LogP contribution in [0.1, 0.15) is 42.5 Å². The molecule has 1 aliphatic carbocycles.